The molecule has 4 nitrogen and oxygen atoms in total. The molecule has 4 aromatic rings. The molecule has 100 valence electrons. The average molecular weight is 273 g/mol. The molecule has 0 radical (unpaired) electrons. The van der Waals surface area contributed by atoms with Gasteiger partial charge in [-0.15, -0.1) is 10.2 Å². The highest BCUT2D eigenvalue weighted by Crippen LogP contribution is 2.30. The number of nitrogens with zero attached hydrogens (tertiary/aromatic N) is 3. The summed E-state index contributed by atoms with van der Waals surface area (Å²) in [5, 5.41) is 13.7. The van der Waals surface area contributed by atoms with E-state index in [1.54, 1.807) is 6.26 Å². The van der Waals surface area contributed by atoms with Gasteiger partial charge in [0, 0.05) is 11.1 Å². The topological polar surface area (TPSA) is 51.8 Å². The van der Waals surface area contributed by atoms with Gasteiger partial charge < -0.3 is 4.52 Å². The molecule has 2 aromatic heterocycles. The maximum absolute atomic E-state index is 5.16. The normalized spacial score (nSPS) is 10.9. The third-order valence-electron chi connectivity index (χ3n) is 3.39. The molecule has 2 aromatic carbocycles. The number of fused-ring (bicyclic) bond motifs is 1. The minimum atomic E-state index is 0.732. The lowest BCUT2D eigenvalue weighted by Gasteiger charge is -2.04. The van der Waals surface area contributed by atoms with Gasteiger partial charge in [0.2, 0.25) is 0 Å². The second-order valence-corrected chi connectivity index (χ2v) is 4.71. The van der Waals surface area contributed by atoms with E-state index in [0.717, 1.165) is 33.4 Å². The Morgan fingerprint density at radius 3 is 1.90 bits per heavy atom. The lowest BCUT2D eigenvalue weighted by Crippen LogP contribution is -1.93. The van der Waals surface area contributed by atoms with E-state index in [9.17, 15) is 0 Å². The highest BCUT2D eigenvalue weighted by molar-refractivity contribution is 5.98. The van der Waals surface area contributed by atoms with Crippen LogP contribution in [0.25, 0.3) is 33.4 Å². The van der Waals surface area contributed by atoms with Crippen molar-refractivity contribution in [1.29, 1.82) is 0 Å². The van der Waals surface area contributed by atoms with E-state index in [1.807, 2.05) is 60.7 Å². The van der Waals surface area contributed by atoms with E-state index in [4.69, 9.17) is 4.52 Å². The smallest absolute Gasteiger partial charge is 0.144 e. The van der Waals surface area contributed by atoms with Crippen LogP contribution in [0.2, 0.25) is 0 Å². The summed E-state index contributed by atoms with van der Waals surface area (Å²) in [5.41, 5.74) is 4.22. The lowest BCUT2D eigenvalue weighted by atomic mass is 10.1. The van der Waals surface area contributed by atoms with Crippen LogP contribution in [0, 0.1) is 0 Å². The summed E-state index contributed by atoms with van der Waals surface area (Å²) in [7, 11) is 0. The quantitative estimate of drug-likeness (QED) is 0.555. The van der Waals surface area contributed by atoms with Gasteiger partial charge in [0.1, 0.15) is 23.2 Å². The number of rotatable bonds is 2. The zero-order valence-electron chi connectivity index (χ0n) is 11.1. The Bertz CT molecular complexity index is 812. The maximum Gasteiger partial charge on any atom is 0.144 e. The van der Waals surface area contributed by atoms with Crippen LogP contribution in [-0.2, 0) is 0 Å². The molecule has 0 unspecified atom stereocenters. The van der Waals surface area contributed by atoms with Crippen LogP contribution >= 0.6 is 0 Å². The Kier molecular flexibility index (Phi) is 2.71. The zero-order valence-corrected chi connectivity index (χ0v) is 11.1. The van der Waals surface area contributed by atoms with E-state index in [-0.39, 0.29) is 0 Å². The Hall–Kier alpha value is -3.01. The van der Waals surface area contributed by atoms with Gasteiger partial charge in [-0.25, -0.2) is 0 Å². The summed E-state index contributed by atoms with van der Waals surface area (Å²) in [6, 6.07) is 19.8. The molecule has 0 aliphatic heterocycles. The van der Waals surface area contributed by atoms with Crippen LogP contribution < -0.4 is 0 Å². The Morgan fingerprint density at radius 2 is 1.24 bits per heavy atom. The van der Waals surface area contributed by atoms with Crippen molar-refractivity contribution in [3.05, 3.63) is 66.9 Å². The van der Waals surface area contributed by atoms with Crippen molar-refractivity contribution in [2.24, 2.45) is 0 Å². The van der Waals surface area contributed by atoms with E-state index in [1.165, 1.54) is 0 Å². The van der Waals surface area contributed by atoms with Crippen molar-refractivity contribution in [3.63, 3.8) is 0 Å². The third kappa shape index (κ3) is 1.97. The predicted octanol–water partition coefficient (Wildman–Crippen LogP) is 3.95. The summed E-state index contributed by atoms with van der Waals surface area (Å²) in [6.45, 7) is 0. The van der Waals surface area contributed by atoms with E-state index < -0.39 is 0 Å². The fourth-order valence-electron chi connectivity index (χ4n) is 2.38. The first kappa shape index (κ1) is 11.8. The van der Waals surface area contributed by atoms with Crippen molar-refractivity contribution in [2.45, 2.75) is 0 Å². The predicted molar refractivity (Wildman–Crippen MR) is 80.5 cm³/mol. The van der Waals surface area contributed by atoms with Crippen molar-refractivity contribution in [2.75, 3.05) is 0 Å². The molecule has 4 heteroatoms. The van der Waals surface area contributed by atoms with Crippen LogP contribution in [0.3, 0.4) is 0 Å². The molecule has 0 spiro atoms. The fraction of sp³-hybridized carbons (Fsp3) is 0. The van der Waals surface area contributed by atoms with Gasteiger partial charge in [-0.3, -0.25) is 0 Å². The van der Waals surface area contributed by atoms with Gasteiger partial charge in [0.25, 0.3) is 0 Å². The molecule has 0 N–H and O–H groups in total. The molecular formula is C17H11N3O. The monoisotopic (exact) mass is 273 g/mol. The molecule has 0 atom stereocenters. The number of aromatic nitrogens is 3. The van der Waals surface area contributed by atoms with Crippen LogP contribution in [0.5, 0.6) is 0 Å². The molecule has 0 fully saturated rings. The van der Waals surface area contributed by atoms with Gasteiger partial charge in [0.15, 0.2) is 0 Å². The summed E-state index contributed by atoms with van der Waals surface area (Å²) in [4.78, 5) is 0. The van der Waals surface area contributed by atoms with E-state index in [2.05, 4.69) is 15.4 Å². The maximum atomic E-state index is 5.16. The molecule has 0 amide bonds. The van der Waals surface area contributed by atoms with Gasteiger partial charge >= 0.3 is 0 Å². The van der Waals surface area contributed by atoms with Crippen molar-refractivity contribution < 1.29 is 4.52 Å². The molecule has 0 saturated carbocycles. The number of hydrogen-bond donors (Lipinski definition) is 0. The lowest BCUT2D eigenvalue weighted by molar-refractivity contribution is 0.428. The number of hydrogen-bond acceptors (Lipinski definition) is 4. The van der Waals surface area contributed by atoms with Gasteiger partial charge in [0.05, 0.1) is 5.39 Å². The van der Waals surface area contributed by atoms with E-state index in [0.29, 0.717) is 0 Å². The Labute approximate surface area is 121 Å². The summed E-state index contributed by atoms with van der Waals surface area (Å²) < 4.78 is 5.16. The van der Waals surface area contributed by atoms with Crippen molar-refractivity contribution in [3.8, 4) is 22.5 Å². The number of benzene rings is 2. The molecule has 0 aliphatic rings. The second-order valence-electron chi connectivity index (χ2n) is 4.71. The largest absolute Gasteiger partial charge is 0.363 e. The zero-order chi connectivity index (χ0) is 14.1. The van der Waals surface area contributed by atoms with Crippen molar-refractivity contribution in [1.82, 2.24) is 15.4 Å². The minimum Gasteiger partial charge on any atom is -0.363 e. The van der Waals surface area contributed by atoms with E-state index >= 15 is 0 Å². The molecule has 4 rings (SSSR count). The molecule has 21 heavy (non-hydrogen) atoms. The van der Waals surface area contributed by atoms with Crippen LogP contribution in [0.1, 0.15) is 0 Å². The first-order valence-corrected chi connectivity index (χ1v) is 6.65. The summed E-state index contributed by atoms with van der Waals surface area (Å²) >= 11 is 0. The highest BCUT2D eigenvalue weighted by Gasteiger charge is 2.15. The minimum absolute atomic E-state index is 0.732. The molecular weight excluding hydrogens is 262 g/mol. The van der Waals surface area contributed by atoms with Crippen molar-refractivity contribution >= 4 is 10.9 Å². The summed E-state index contributed by atoms with van der Waals surface area (Å²) in [6.07, 6.45) is 1.62. The SMILES string of the molecule is c1ccc(-c2nnc(-c3ccccc3)c3nocc23)cc1. The van der Waals surface area contributed by atoms with Gasteiger partial charge in [-0.2, -0.15) is 0 Å². The second kappa shape index (κ2) is 4.83. The standard InChI is InChI=1S/C17H11N3O/c1-3-7-12(8-4-1)15-14-11-21-20-17(14)16(19-18-15)13-9-5-2-6-10-13/h1-11H. The molecule has 0 saturated heterocycles. The fourth-order valence-corrected chi connectivity index (χ4v) is 2.38. The summed E-state index contributed by atoms with van der Waals surface area (Å²) in [5.74, 6) is 0. The van der Waals surface area contributed by atoms with Crippen LogP contribution in [0.4, 0.5) is 0 Å². The first-order valence-electron chi connectivity index (χ1n) is 6.65. The molecule has 0 aliphatic carbocycles. The molecule has 2 heterocycles. The average Bonchev–Trinajstić information content (AvgIpc) is 3.05. The highest BCUT2D eigenvalue weighted by atomic mass is 16.5. The van der Waals surface area contributed by atoms with Gasteiger partial charge in [-0.05, 0) is 0 Å². The first-order chi connectivity index (χ1) is 10.4. The van der Waals surface area contributed by atoms with Crippen LogP contribution in [-0.4, -0.2) is 15.4 Å². The molecule has 0 bridgehead atoms. The Balaban J connectivity index is 1.97. The van der Waals surface area contributed by atoms with Crippen LogP contribution in [0.15, 0.2) is 71.4 Å². The Morgan fingerprint density at radius 1 is 0.667 bits per heavy atom. The third-order valence-corrected chi connectivity index (χ3v) is 3.39. The van der Waals surface area contributed by atoms with Gasteiger partial charge in [-0.1, -0.05) is 65.8 Å².